The highest BCUT2D eigenvalue weighted by Crippen LogP contribution is 2.18. The standard InChI is InChI=1S/C27H40N2O2/c1-3-5-6-7-8-9-13-21-31-26-22-28-27(29-23-26)25-17-15-24(16-18-25)14-11-10-12-20-30-19-4-2/h5-6,15-18,22-23H,3-4,7-14,19-21H2,1-2H3/b6-5+. The van der Waals surface area contributed by atoms with Crippen LogP contribution in [0, 0.1) is 0 Å². The minimum atomic E-state index is 0.722. The van der Waals surface area contributed by atoms with Crippen molar-refractivity contribution in [2.24, 2.45) is 0 Å². The highest BCUT2D eigenvalue weighted by molar-refractivity contribution is 5.55. The van der Waals surface area contributed by atoms with Crippen LogP contribution in [0.5, 0.6) is 5.75 Å². The fourth-order valence-electron chi connectivity index (χ4n) is 3.33. The molecule has 0 aliphatic heterocycles. The molecule has 0 aliphatic rings. The van der Waals surface area contributed by atoms with Gasteiger partial charge in [0.05, 0.1) is 19.0 Å². The van der Waals surface area contributed by atoms with E-state index in [4.69, 9.17) is 9.47 Å². The third-order valence-electron chi connectivity index (χ3n) is 5.13. The monoisotopic (exact) mass is 424 g/mol. The van der Waals surface area contributed by atoms with Gasteiger partial charge in [0.1, 0.15) is 0 Å². The Morgan fingerprint density at radius 3 is 2.26 bits per heavy atom. The van der Waals surface area contributed by atoms with E-state index in [2.05, 4.69) is 60.2 Å². The maximum Gasteiger partial charge on any atom is 0.159 e. The summed E-state index contributed by atoms with van der Waals surface area (Å²) < 4.78 is 11.3. The van der Waals surface area contributed by atoms with Crippen LogP contribution in [0.4, 0.5) is 0 Å². The molecule has 0 spiro atoms. The predicted octanol–water partition coefficient (Wildman–Crippen LogP) is 7.19. The average molecular weight is 425 g/mol. The van der Waals surface area contributed by atoms with Crippen LogP contribution in [0.25, 0.3) is 11.4 Å². The molecule has 2 rings (SSSR count). The maximum atomic E-state index is 5.78. The largest absolute Gasteiger partial charge is 0.490 e. The fraction of sp³-hybridized carbons (Fsp3) is 0.556. The Hall–Kier alpha value is -2.20. The summed E-state index contributed by atoms with van der Waals surface area (Å²) in [7, 11) is 0. The Morgan fingerprint density at radius 2 is 1.52 bits per heavy atom. The molecule has 4 nitrogen and oxygen atoms in total. The summed E-state index contributed by atoms with van der Waals surface area (Å²) in [5.74, 6) is 1.49. The van der Waals surface area contributed by atoms with Gasteiger partial charge in [0, 0.05) is 18.8 Å². The lowest BCUT2D eigenvalue weighted by Gasteiger charge is -2.07. The molecule has 0 radical (unpaired) electrons. The normalized spacial score (nSPS) is 11.3. The van der Waals surface area contributed by atoms with Gasteiger partial charge in [-0.25, -0.2) is 9.97 Å². The molecule has 31 heavy (non-hydrogen) atoms. The van der Waals surface area contributed by atoms with Crippen molar-refractivity contribution >= 4 is 0 Å². The first-order valence-electron chi connectivity index (χ1n) is 12.1. The minimum absolute atomic E-state index is 0.722. The molecule has 2 aromatic rings. The molecule has 0 unspecified atom stereocenters. The summed E-state index contributed by atoms with van der Waals surface area (Å²) in [5, 5.41) is 0. The summed E-state index contributed by atoms with van der Waals surface area (Å²) in [6.45, 7) is 6.81. The lowest BCUT2D eigenvalue weighted by Crippen LogP contribution is -1.99. The second kappa shape index (κ2) is 16.5. The van der Waals surface area contributed by atoms with E-state index < -0.39 is 0 Å². The average Bonchev–Trinajstić information content (AvgIpc) is 2.81. The maximum absolute atomic E-state index is 5.78. The highest BCUT2D eigenvalue weighted by atomic mass is 16.5. The summed E-state index contributed by atoms with van der Waals surface area (Å²) in [6.07, 6.45) is 19.6. The predicted molar refractivity (Wildman–Crippen MR) is 130 cm³/mol. The molecule has 0 aliphatic carbocycles. The molecule has 0 N–H and O–H groups in total. The number of allylic oxidation sites excluding steroid dienone is 2. The Bertz CT molecular complexity index is 711. The van der Waals surface area contributed by atoms with E-state index in [9.17, 15) is 0 Å². The topological polar surface area (TPSA) is 44.2 Å². The first kappa shape index (κ1) is 25.1. The van der Waals surface area contributed by atoms with E-state index >= 15 is 0 Å². The zero-order chi connectivity index (χ0) is 22.0. The number of hydrogen-bond acceptors (Lipinski definition) is 4. The van der Waals surface area contributed by atoms with E-state index in [1.54, 1.807) is 12.4 Å². The Labute approximate surface area is 189 Å². The Morgan fingerprint density at radius 1 is 0.774 bits per heavy atom. The van der Waals surface area contributed by atoms with Crippen LogP contribution >= 0.6 is 0 Å². The number of nitrogens with zero attached hydrogens (tertiary/aromatic N) is 2. The zero-order valence-corrected chi connectivity index (χ0v) is 19.5. The summed E-state index contributed by atoms with van der Waals surface area (Å²) in [4.78, 5) is 8.96. The molecule has 1 aromatic heterocycles. The van der Waals surface area contributed by atoms with Gasteiger partial charge in [0.2, 0.25) is 0 Å². The van der Waals surface area contributed by atoms with Crippen molar-refractivity contribution in [1.29, 1.82) is 0 Å². The van der Waals surface area contributed by atoms with Crippen LogP contribution in [0.3, 0.4) is 0 Å². The van der Waals surface area contributed by atoms with Gasteiger partial charge in [0.25, 0.3) is 0 Å². The number of aryl methyl sites for hydroxylation is 1. The number of benzene rings is 1. The van der Waals surface area contributed by atoms with Crippen LogP contribution in [0.1, 0.15) is 77.2 Å². The van der Waals surface area contributed by atoms with Crippen LogP contribution in [0.15, 0.2) is 48.8 Å². The number of hydrogen-bond donors (Lipinski definition) is 0. The van der Waals surface area contributed by atoms with Crippen molar-refractivity contribution in [3.8, 4) is 17.1 Å². The molecule has 0 atom stereocenters. The molecular formula is C27H40N2O2. The second-order valence-corrected chi connectivity index (χ2v) is 7.94. The second-order valence-electron chi connectivity index (χ2n) is 7.94. The molecule has 0 saturated carbocycles. The van der Waals surface area contributed by atoms with E-state index in [1.165, 1.54) is 37.7 Å². The van der Waals surface area contributed by atoms with Crippen molar-refractivity contribution in [3.63, 3.8) is 0 Å². The lowest BCUT2D eigenvalue weighted by atomic mass is 10.0. The van der Waals surface area contributed by atoms with Crippen LogP contribution < -0.4 is 4.74 Å². The van der Waals surface area contributed by atoms with E-state index in [0.29, 0.717) is 0 Å². The SMILES string of the molecule is CC/C=C/CCCCCOc1cnc(-c2ccc(CCCCCOCCC)cc2)nc1. The number of aromatic nitrogens is 2. The van der Waals surface area contributed by atoms with E-state index in [-0.39, 0.29) is 0 Å². The van der Waals surface area contributed by atoms with Crippen LogP contribution in [0.2, 0.25) is 0 Å². The van der Waals surface area contributed by atoms with Crippen molar-refractivity contribution in [1.82, 2.24) is 9.97 Å². The molecule has 0 saturated heterocycles. The van der Waals surface area contributed by atoms with Gasteiger partial charge in [0.15, 0.2) is 11.6 Å². The summed E-state index contributed by atoms with van der Waals surface area (Å²) >= 11 is 0. The van der Waals surface area contributed by atoms with E-state index in [0.717, 1.165) is 69.1 Å². The summed E-state index contributed by atoms with van der Waals surface area (Å²) in [6, 6.07) is 8.60. The lowest BCUT2D eigenvalue weighted by molar-refractivity contribution is 0.130. The Kier molecular flexibility index (Phi) is 13.3. The number of rotatable bonds is 17. The van der Waals surface area contributed by atoms with Crippen molar-refractivity contribution in [2.75, 3.05) is 19.8 Å². The van der Waals surface area contributed by atoms with Gasteiger partial charge < -0.3 is 9.47 Å². The summed E-state index contributed by atoms with van der Waals surface area (Å²) in [5.41, 5.74) is 2.41. The molecule has 1 heterocycles. The molecule has 0 fully saturated rings. The number of ether oxygens (including phenoxy) is 2. The van der Waals surface area contributed by atoms with Gasteiger partial charge in [-0.1, -0.05) is 56.7 Å². The van der Waals surface area contributed by atoms with Crippen LogP contribution in [-0.2, 0) is 11.2 Å². The molecule has 0 amide bonds. The van der Waals surface area contributed by atoms with Gasteiger partial charge in [-0.3, -0.25) is 0 Å². The van der Waals surface area contributed by atoms with Crippen molar-refractivity contribution < 1.29 is 9.47 Å². The van der Waals surface area contributed by atoms with Crippen molar-refractivity contribution in [3.05, 3.63) is 54.4 Å². The molecule has 4 heteroatoms. The van der Waals surface area contributed by atoms with Crippen molar-refractivity contribution in [2.45, 2.75) is 78.1 Å². The zero-order valence-electron chi connectivity index (χ0n) is 19.5. The van der Waals surface area contributed by atoms with Gasteiger partial charge in [-0.2, -0.15) is 0 Å². The van der Waals surface area contributed by atoms with Crippen LogP contribution in [-0.4, -0.2) is 29.8 Å². The van der Waals surface area contributed by atoms with E-state index in [1.807, 2.05) is 0 Å². The highest BCUT2D eigenvalue weighted by Gasteiger charge is 2.03. The minimum Gasteiger partial charge on any atom is -0.490 e. The quantitative estimate of drug-likeness (QED) is 0.199. The third-order valence-corrected chi connectivity index (χ3v) is 5.13. The first-order valence-corrected chi connectivity index (χ1v) is 12.1. The first-order chi connectivity index (χ1) is 15.3. The smallest absolute Gasteiger partial charge is 0.159 e. The Balaban J connectivity index is 1.64. The van der Waals surface area contributed by atoms with Gasteiger partial charge in [-0.15, -0.1) is 0 Å². The fourth-order valence-corrected chi connectivity index (χ4v) is 3.33. The molecule has 170 valence electrons. The molecule has 1 aromatic carbocycles. The third kappa shape index (κ3) is 11.1. The molecule has 0 bridgehead atoms. The molecular weight excluding hydrogens is 384 g/mol. The van der Waals surface area contributed by atoms with Gasteiger partial charge >= 0.3 is 0 Å². The number of unbranched alkanes of at least 4 members (excludes halogenated alkanes) is 5. The van der Waals surface area contributed by atoms with Gasteiger partial charge in [-0.05, 0) is 63.4 Å².